The normalized spacial score (nSPS) is 25.1. The van der Waals surface area contributed by atoms with E-state index in [2.05, 4.69) is 10.2 Å². The second-order valence-corrected chi connectivity index (χ2v) is 3.43. The molecule has 1 aromatic rings. The summed E-state index contributed by atoms with van der Waals surface area (Å²) in [4.78, 5) is 16.2. The number of esters is 1. The van der Waals surface area contributed by atoms with Crippen LogP contribution in [0.2, 0.25) is 0 Å². The van der Waals surface area contributed by atoms with E-state index in [0.29, 0.717) is 12.4 Å². The molecule has 0 amide bonds. The van der Waals surface area contributed by atoms with Crippen molar-refractivity contribution in [3.05, 3.63) is 30.3 Å². The molecule has 74 valence electrons. The van der Waals surface area contributed by atoms with Gasteiger partial charge in [-0.05, 0) is 19.1 Å². The molecule has 4 heteroatoms. The zero-order valence-corrected chi connectivity index (χ0v) is 7.82. The van der Waals surface area contributed by atoms with E-state index in [1.807, 2.05) is 18.2 Å². The first-order valence-electron chi connectivity index (χ1n) is 4.37. The van der Waals surface area contributed by atoms with Crippen LogP contribution in [0.1, 0.15) is 6.92 Å². The zero-order valence-electron chi connectivity index (χ0n) is 7.82. The molecule has 0 spiro atoms. The lowest BCUT2D eigenvalue weighted by Gasteiger charge is -2.35. The maximum atomic E-state index is 11.0. The maximum Gasteiger partial charge on any atom is 0.333 e. The number of cyclic esters (lactones) is 1. The van der Waals surface area contributed by atoms with Crippen LogP contribution in [-0.4, -0.2) is 18.1 Å². The molecule has 0 aromatic heterocycles. The molecule has 1 unspecified atom stereocenters. The van der Waals surface area contributed by atoms with Gasteiger partial charge in [-0.25, -0.2) is 4.79 Å². The summed E-state index contributed by atoms with van der Waals surface area (Å²) in [7, 11) is 0. The first-order valence-corrected chi connectivity index (χ1v) is 4.37. The molecule has 1 N–H and O–H groups in total. The Balaban J connectivity index is 1.92. The lowest BCUT2D eigenvalue weighted by Crippen LogP contribution is -2.63. The monoisotopic (exact) mass is 193 g/mol. The Hall–Kier alpha value is -1.55. The molecule has 4 nitrogen and oxygen atoms in total. The molecular formula is C10H11NO3. The van der Waals surface area contributed by atoms with Crippen LogP contribution in [0.5, 0.6) is 5.75 Å². The molecule has 1 atom stereocenters. The molecule has 1 aromatic carbocycles. The highest BCUT2D eigenvalue weighted by Crippen LogP contribution is 2.18. The number of carbonyl (C=O) groups excluding carboxylic acids is 1. The number of benzene rings is 1. The van der Waals surface area contributed by atoms with Crippen molar-refractivity contribution in [3.8, 4) is 5.75 Å². The van der Waals surface area contributed by atoms with Crippen LogP contribution in [0.15, 0.2) is 30.3 Å². The summed E-state index contributed by atoms with van der Waals surface area (Å²) in [6, 6.07) is 9.23. The lowest BCUT2D eigenvalue weighted by molar-refractivity contribution is -0.181. The number of nitrogens with one attached hydrogen (secondary N) is 1. The molecule has 0 aliphatic carbocycles. The molecule has 0 saturated carbocycles. The van der Waals surface area contributed by atoms with Crippen LogP contribution in [0.4, 0.5) is 0 Å². The smallest absolute Gasteiger partial charge is 0.333 e. The predicted octanol–water partition coefficient (Wildman–Crippen LogP) is 0.885. The maximum absolute atomic E-state index is 11.0. The van der Waals surface area contributed by atoms with Crippen molar-refractivity contribution < 1.29 is 14.4 Å². The summed E-state index contributed by atoms with van der Waals surface area (Å²) in [6.45, 7) is 2.08. The Kier molecular flexibility index (Phi) is 2.13. The van der Waals surface area contributed by atoms with Crippen LogP contribution < -0.4 is 10.3 Å². The van der Waals surface area contributed by atoms with Gasteiger partial charge >= 0.3 is 5.97 Å². The van der Waals surface area contributed by atoms with Gasteiger partial charge in [-0.2, -0.15) is 0 Å². The Labute approximate surface area is 81.8 Å². The van der Waals surface area contributed by atoms with Crippen molar-refractivity contribution in [1.29, 1.82) is 0 Å². The van der Waals surface area contributed by atoms with Crippen molar-refractivity contribution in [2.45, 2.75) is 12.5 Å². The molecule has 1 fully saturated rings. The van der Waals surface area contributed by atoms with E-state index in [9.17, 15) is 4.79 Å². The average molecular weight is 193 g/mol. The fourth-order valence-electron chi connectivity index (χ4n) is 1.08. The molecule has 1 aliphatic heterocycles. The first-order chi connectivity index (χ1) is 6.71. The molecule has 0 radical (unpaired) electrons. The third-order valence-corrected chi connectivity index (χ3v) is 2.08. The summed E-state index contributed by atoms with van der Waals surface area (Å²) in [6.07, 6.45) is 0. The van der Waals surface area contributed by atoms with E-state index < -0.39 is 5.54 Å². The number of hydrogen-bond acceptors (Lipinski definition) is 4. The molecule has 14 heavy (non-hydrogen) atoms. The van der Waals surface area contributed by atoms with Crippen LogP contribution in [0.25, 0.3) is 0 Å². The molecule has 1 aliphatic rings. The van der Waals surface area contributed by atoms with Gasteiger partial charge in [0, 0.05) is 0 Å². The fourth-order valence-corrected chi connectivity index (χ4v) is 1.08. The quantitative estimate of drug-likeness (QED) is 0.572. The van der Waals surface area contributed by atoms with Crippen molar-refractivity contribution >= 4 is 5.97 Å². The van der Waals surface area contributed by atoms with Gasteiger partial charge in [-0.15, -0.1) is 5.48 Å². The minimum absolute atomic E-state index is 0.284. The number of hydroxylamine groups is 1. The van der Waals surface area contributed by atoms with E-state index in [1.54, 1.807) is 19.1 Å². The minimum Gasteiger partial charge on any atom is -0.461 e. The topological polar surface area (TPSA) is 47.6 Å². The molecular weight excluding hydrogens is 182 g/mol. The molecule has 1 heterocycles. The summed E-state index contributed by atoms with van der Waals surface area (Å²) in [5, 5.41) is 0. The average Bonchev–Trinajstić information content (AvgIpc) is 2.25. The highest BCUT2D eigenvalue weighted by molar-refractivity contribution is 5.85. The Morgan fingerprint density at radius 2 is 2.14 bits per heavy atom. The predicted molar refractivity (Wildman–Crippen MR) is 49.6 cm³/mol. The highest BCUT2D eigenvalue weighted by Gasteiger charge is 2.46. The van der Waals surface area contributed by atoms with Gasteiger partial charge in [0.1, 0.15) is 12.4 Å². The van der Waals surface area contributed by atoms with Crippen LogP contribution in [0.3, 0.4) is 0 Å². The fraction of sp³-hybridized carbons (Fsp3) is 0.300. The van der Waals surface area contributed by atoms with Gasteiger partial charge < -0.3 is 9.57 Å². The van der Waals surface area contributed by atoms with E-state index in [1.165, 1.54) is 0 Å². The van der Waals surface area contributed by atoms with Crippen LogP contribution in [-0.2, 0) is 9.53 Å². The summed E-state index contributed by atoms with van der Waals surface area (Å²) < 4.78 is 4.65. The van der Waals surface area contributed by atoms with E-state index in [0.717, 1.165) is 0 Å². The third-order valence-electron chi connectivity index (χ3n) is 2.08. The first kappa shape index (κ1) is 9.02. The van der Waals surface area contributed by atoms with Crippen molar-refractivity contribution in [1.82, 2.24) is 5.48 Å². The van der Waals surface area contributed by atoms with Gasteiger partial charge in [0.15, 0.2) is 5.54 Å². The van der Waals surface area contributed by atoms with E-state index in [4.69, 9.17) is 4.84 Å². The summed E-state index contributed by atoms with van der Waals surface area (Å²) in [5.74, 6) is 0.391. The lowest BCUT2D eigenvalue weighted by atomic mass is 10.0. The van der Waals surface area contributed by atoms with Gasteiger partial charge in [-0.3, -0.25) is 0 Å². The summed E-state index contributed by atoms with van der Waals surface area (Å²) in [5.41, 5.74) is 1.99. The van der Waals surface area contributed by atoms with Gasteiger partial charge in [0.2, 0.25) is 0 Å². The Morgan fingerprint density at radius 1 is 1.43 bits per heavy atom. The minimum atomic E-state index is -0.699. The molecule has 1 saturated heterocycles. The Bertz CT molecular complexity index is 338. The molecule has 0 bridgehead atoms. The van der Waals surface area contributed by atoms with Crippen molar-refractivity contribution in [2.24, 2.45) is 0 Å². The third kappa shape index (κ3) is 1.56. The standard InChI is InChI=1S/C10H11NO3/c1-10(7-13-9(10)12)11-14-8-5-3-2-4-6-8/h2-6,11H,7H2,1H3. The van der Waals surface area contributed by atoms with E-state index in [-0.39, 0.29) is 5.97 Å². The van der Waals surface area contributed by atoms with Crippen LogP contribution in [0, 0.1) is 0 Å². The number of para-hydroxylation sites is 1. The second kappa shape index (κ2) is 3.31. The highest BCUT2D eigenvalue weighted by atomic mass is 16.7. The van der Waals surface area contributed by atoms with Crippen LogP contribution >= 0.6 is 0 Å². The Morgan fingerprint density at radius 3 is 2.64 bits per heavy atom. The zero-order chi connectivity index (χ0) is 10.0. The van der Waals surface area contributed by atoms with Gasteiger partial charge in [0.25, 0.3) is 0 Å². The van der Waals surface area contributed by atoms with Gasteiger partial charge in [0.05, 0.1) is 0 Å². The number of carbonyl (C=O) groups is 1. The number of rotatable bonds is 3. The van der Waals surface area contributed by atoms with Crippen molar-refractivity contribution in [2.75, 3.05) is 6.61 Å². The number of ether oxygens (including phenoxy) is 1. The largest absolute Gasteiger partial charge is 0.461 e. The summed E-state index contributed by atoms with van der Waals surface area (Å²) >= 11 is 0. The SMILES string of the molecule is CC1(NOc2ccccc2)COC1=O. The van der Waals surface area contributed by atoms with E-state index >= 15 is 0 Å². The van der Waals surface area contributed by atoms with Crippen molar-refractivity contribution in [3.63, 3.8) is 0 Å². The van der Waals surface area contributed by atoms with Gasteiger partial charge in [-0.1, -0.05) is 18.2 Å². The molecule has 2 rings (SSSR count). The number of hydrogen-bond donors (Lipinski definition) is 1. The second-order valence-electron chi connectivity index (χ2n) is 3.43.